The quantitative estimate of drug-likeness (QED) is 0.153. The maximum Gasteiger partial charge on any atom is 0.119 e. The predicted octanol–water partition coefficient (Wildman–Crippen LogP) is 6.35. The molecule has 0 fully saturated rings. The number of aromatic hydroxyl groups is 1. The lowest BCUT2D eigenvalue weighted by Gasteiger charge is -2.17. The van der Waals surface area contributed by atoms with Gasteiger partial charge >= 0.3 is 0 Å². The Morgan fingerprint density at radius 2 is 1.26 bits per heavy atom. The molecule has 0 aromatic heterocycles. The van der Waals surface area contributed by atoms with Crippen molar-refractivity contribution in [1.29, 1.82) is 0 Å². The van der Waals surface area contributed by atoms with Crippen LogP contribution in [0.1, 0.15) is 28.7 Å². The number of hydrogen-bond donors (Lipinski definition) is 2. The first-order chi connectivity index (χ1) is 18.7. The maximum atomic E-state index is 10.2. The predicted molar refractivity (Wildman–Crippen MR) is 151 cm³/mol. The van der Waals surface area contributed by atoms with E-state index in [2.05, 4.69) is 0 Å². The normalized spacial score (nSPS) is 11.7. The highest BCUT2D eigenvalue weighted by Crippen LogP contribution is 2.36. The molecule has 2 N–H and O–H groups in total. The number of phenols is 1. The fourth-order valence-corrected chi connectivity index (χ4v) is 4.26. The largest absolute Gasteiger partial charge is 0.508 e. The lowest BCUT2D eigenvalue weighted by molar-refractivity contribution is 0.0303. The van der Waals surface area contributed by atoms with Crippen LogP contribution < -0.4 is 4.74 Å². The van der Waals surface area contributed by atoms with Gasteiger partial charge in [-0.3, -0.25) is 0 Å². The summed E-state index contributed by atoms with van der Waals surface area (Å²) < 4.78 is 17.1. The Morgan fingerprint density at radius 3 is 1.97 bits per heavy atom. The Hall–Kier alpha value is -3.90. The molecule has 0 heterocycles. The molecule has 5 heteroatoms. The summed E-state index contributed by atoms with van der Waals surface area (Å²) in [6.45, 7) is 2.56. The second kappa shape index (κ2) is 14.7. The average molecular weight is 511 g/mol. The van der Waals surface area contributed by atoms with Gasteiger partial charge in [-0.25, -0.2) is 0 Å². The number of hydrogen-bond acceptors (Lipinski definition) is 5. The topological polar surface area (TPSA) is 68.2 Å². The molecule has 0 atom stereocenters. The highest BCUT2D eigenvalue weighted by molar-refractivity contribution is 5.98. The zero-order valence-corrected chi connectivity index (χ0v) is 21.5. The van der Waals surface area contributed by atoms with Crippen LogP contribution in [0.5, 0.6) is 11.5 Å². The number of rotatable bonds is 14. The molecule has 4 aromatic carbocycles. The van der Waals surface area contributed by atoms with Crippen molar-refractivity contribution in [3.63, 3.8) is 0 Å². The van der Waals surface area contributed by atoms with Crippen LogP contribution >= 0.6 is 0 Å². The first-order valence-corrected chi connectivity index (χ1v) is 12.9. The van der Waals surface area contributed by atoms with Crippen LogP contribution in [0.3, 0.4) is 0 Å². The Labute approximate surface area is 224 Å². The molecule has 0 aliphatic carbocycles. The zero-order chi connectivity index (χ0) is 26.4. The van der Waals surface area contributed by atoms with E-state index in [9.17, 15) is 10.2 Å². The van der Waals surface area contributed by atoms with E-state index in [1.165, 1.54) is 0 Å². The summed E-state index contributed by atoms with van der Waals surface area (Å²) >= 11 is 0. The van der Waals surface area contributed by atoms with Crippen LogP contribution in [0.25, 0.3) is 11.1 Å². The fourth-order valence-electron chi connectivity index (χ4n) is 4.26. The van der Waals surface area contributed by atoms with E-state index in [-0.39, 0.29) is 12.4 Å². The summed E-state index contributed by atoms with van der Waals surface area (Å²) in [5.41, 5.74) is 6.01. The molecule has 0 bridgehead atoms. The van der Waals surface area contributed by atoms with Gasteiger partial charge in [-0.1, -0.05) is 84.9 Å². The summed E-state index contributed by atoms with van der Waals surface area (Å²) in [6, 6.07) is 35.2. The van der Waals surface area contributed by atoms with E-state index < -0.39 is 0 Å². The third-order valence-corrected chi connectivity index (χ3v) is 6.04. The molecule has 0 saturated heterocycles. The minimum absolute atomic E-state index is 0.0189. The molecule has 196 valence electrons. The van der Waals surface area contributed by atoms with E-state index >= 15 is 0 Å². The SMILES string of the molecule is OCC/C(=C(/c1ccc(OCCOCCOCc2ccccc2)cc1)c1cccc(O)c1)c1ccccc1. The Morgan fingerprint density at radius 1 is 0.605 bits per heavy atom. The molecule has 0 aliphatic heterocycles. The van der Waals surface area contributed by atoms with Crippen LogP contribution in [0, 0.1) is 0 Å². The second-order valence-corrected chi connectivity index (χ2v) is 8.77. The van der Waals surface area contributed by atoms with Crippen molar-refractivity contribution in [1.82, 2.24) is 0 Å². The molecule has 4 rings (SSSR count). The highest BCUT2D eigenvalue weighted by Gasteiger charge is 2.15. The summed E-state index contributed by atoms with van der Waals surface area (Å²) in [7, 11) is 0. The third-order valence-electron chi connectivity index (χ3n) is 6.04. The number of phenolic OH excluding ortho intramolecular Hbond substituents is 1. The Bertz CT molecular complexity index is 1270. The molecule has 0 saturated carbocycles. The van der Waals surface area contributed by atoms with E-state index in [1.807, 2.05) is 97.1 Å². The maximum absolute atomic E-state index is 10.2. The molecule has 0 spiro atoms. The van der Waals surface area contributed by atoms with Crippen LogP contribution in [-0.2, 0) is 16.1 Å². The van der Waals surface area contributed by atoms with Gasteiger partial charge in [0.15, 0.2) is 0 Å². The summed E-state index contributed by atoms with van der Waals surface area (Å²) in [4.78, 5) is 0. The van der Waals surface area contributed by atoms with Crippen molar-refractivity contribution in [2.75, 3.05) is 33.0 Å². The molecule has 4 aromatic rings. The van der Waals surface area contributed by atoms with Gasteiger partial charge < -0.3 is 24.4 Å². The lowest BCUT2D eigenvalue weighted by atomic mass is 9.88. The van der Waals surface area contributed by atoms with E-state index in [4.69, 9.17) is 14.2 Å². The molecular formula is C33H34O5. The molecule has 0 aliphatic rings. The minimum Gasteiger partial charge on any atom is -0.508 e. The van der Waals surface area contributed by atoms with Crippen molar-refractivity contribution in [3.05, 3.63) is 131 Å². The molecule has 0 radical (unpaired) electrons. The van der Waals surface area contributed by atoms with E-state index in [1.54, 1.807) is 12.1 Å². The molecule has 5 nitrogen and oxygen atoms in total. The van der Waals surface area contributed by atoms with E-state index in [0.29, 0.717) is 39.5 Å². The minimum atomic E-state index is 0.0189. The van der Waals surface area contributed by atoms with Crippen molar-refractivity contribution in [2.45, 2.75) is 13.0 Å². The Kier molecular flexibility index (Phi) is 10.5. The summed E-state index contributed by atoms with van der Waals surface area (Å²) in [6.07, 6.45) is 0.486. The van der Waals surface area contributed by atoms with Gasteiger partial charge in [0.05, 0.1) is 26.4 Å². The number of ether oxygens (including phenoxy) is 3. The first-order valence-electron chi connectivity index (χ1n) is 12.9. The average Bonchev–Trinajstić information content (AvgIpc) is 2.96. The zero-order valence-electron chi connectivity index (χ0n) is 21.5. The number of aliphatic hydroxyl groups excluding tert-OH is 1. The molecular weight excluding hydrogens is 476 g/mol. The van der Waals surface area contributed by atoms with Crippen LogP contribution in [0.15, 0.2) is 109 Å². The summed E-state index contributed by atoms with van der Waals surface area (Å²) in [5.74, 6) is 0.943. The first kappa shape index (κ1) is 27.1. The standard InChI is InChI=1S/C33H34O5/c34-19-18-32(27-10-5-2-6-11-27)33(29-12-7-13-30(35)24-29)28-14-16-31(17-15-28)38-23-22-36-20-21-37-25-26-8-3-1-4-9-26/h1-17,24,34-35H,18-23,25H2/b33-32+. The summed E-state index contributed by atoms with van der Waals surface area (Å²) in [5, 5.41) is 20.0. The van der Waals surface area contributed by atoms with Gasteiger partial charge in [0.1, 0.15) is 18.1 Å². The number of benzene rings is 4. The van der Waals surface area contributed by atoms with Crippen molar-refractivity contribution in [2.24, 2.45) is 0 Å². The van der Waals surface area contributed by atoms with Gasteiger partial charge in [-0.15, -0.1) is 0 Å². The number of aliphatic hydroxyl groups is 1. The van der Waals surface area contributed by atoms with Crippen molar-refractivity contribution < 1.29 is 24.4 Å². The smallest absolute Gasteiger partial charge is 0.119 e. The molecule has 38 heavy (non-hydrogen) atoms. The highest BCUT2D eigenvalue weighted by atomic mass is 16.5. The second-order valence-electron chi connectivity index (χ2n) is 8.77. The Balaban J connectivity index is 1.37. The van der Waals surface area contributed by atoms with E-state index in [0.717, 1.165) is 39.1 Å². The molecule has 0 unspecified atom stereocenters. The fraction of sp³-hybridized carbons (Fsp3) is 0.212. The van der Waals surface area contributed by atoms with Gasteiger partial charge in [0.2, 0.25) is 0 Å². The van der Waals surface area contributed by atoms with Gasteiger partial charge in [-0.2, -0.15) is 0 Å². The van der Waals surface area contributed by atoms with Gasteiger partial charge in [0, 0.05) is 6.61 Å². The van der Waals surface area contributed by atoms with Crippen molar-refractivity contribution >= 4 is 11.1 Å². The third kappa shape index (κ3) is 8.05. The van der Waals surface area contributed by atoms with Gasteiger partial charge in [-0.05, 0) is 64.1 Å². The monoisotopic (exact) mass is 510 g/mol. The van der Waals surface area contributed by atoms with Gasteiger partial charge in [0.25, 0.3) is 0 Å². The lowest BCUT2D eigenvalue weighted by Crippen LogP contribution is -2.10. The van der Waals surface area contributed by atoms with Crippen LogP contribution in [0.2, 0.25) is 0 Å². The van der Waals surface area contributed by atoms with Crippen LogP contribution in [0.4, 0.5) is 0 Å². The van der Waals surface area contributed by atoms with Crippen LogP contribution in [-0.4, -0.2) is 43.2 Å². The molecule has 0 amide bonds. The van der Waals surface area contributed by atoms with Crippen molar-refractivity contribution in [3.8, 4) is 11.5 Å².